The molecule has 0 amide bonds. The van der Waals surface area contributed by atoms with Crippen molar-refractivity contribution < 1.29 is 13.2 Å². The van der Waals surface area contributed by atoms with Crippen LogP contribution in [0.1, 0.15) is 34.8 Å². The Morgan fingerprint density at radius 1 is 1.10 bits per heavy atom. The van der Waals surface area contributed by atoms with Crippen LogP contribution in [-0.4, -0.2) is 12.3 Å². The average Bonchev–Trinajstić information content (AvgIpc) is 3.01. The number of halogens is 3. The number of hydrogen-bond acceptors (Lipinski definition) is 2. The van der Waals surface area contributed by atoms with E-state index in [1.165, 1.54) is 4.88 Å². The summed E-state index contributed by atoms with van der Waals surface area (Å²) >= 11 is 1.68. The first kappa shape index (κ1) is 14.3. The Bertz CT molecular complexity index is 627. The highest BCUT2D eigenvalue weighted by atomic mass is 32.1. The fourth-order valence-electron chi connectivity index (χ4n) is 2.56. The van der Waals surface area contributed by atoms with Crippen LogP contribution in [-0.2, 0) is 6.18 Å². The number of hydrogen-bond donors (Lipinski definition) is 0. The van der Waals surface area contributed by atoms with Crippen molar-refractivity contribution in [2.75, 3.05) is 6.54 Å². The Hall–Kier alpha value is -1.62. The van der Waals surface area contributed by atoms with E-state index in [1.54, 1.807) is 23.5 Å². The minimum Gasteiger partial charge on any atom is -0.288 e. The molecule has 1 atom stereocenters. The van der Waals surface area contributed by atoms with Crippen LogP contribution < -0.4 is 0 Å². The van der Waals surface area contributed by atoms with Crippen LogP contribution in [0.25, 0.3) is 0 Å². The highest BCUT2D eigenvalue weighted by molar-refractivity contribution is 7.12. The van der Waals surface area contributed by atoms with Gasteiger partial charge in [0.25, 0.3) is 0 Å². The smallest absolute Gasteiger partial charge is 0.288 e. The SMILES string of the molecule is FC(F)(F)c1ccc(C2CCC(c3cccs3)=NC2)cc1. The molecular weight excluding hydrogens is 295 g/mol. The van der Waals surface area contributed by atoms with E-state index in [2.05, 4.69) is 11.1 Å². The van der Waals surface area contributed by atoms with Gasteiger partial charge in [0.15, 0.2) is 0 Å². The van der Waals surface area contributed by atoms with Crippen LogP contribution >= 0.6 is 11.3 Å². The normalized spacial score (nSPS) is 19.4. The Morgan fingerprint density at radius 2 is 1.86 bits per heavy atom. The van der Waals surface area contributed by atoms with Crippen molar-refractivity contribution in [3.63, 3.8) is 0 Å². The van der Waals surface area contributed by atoms with E-state index in [0.29, 0.717) is 6.54 Å². The van der Waals surface area contributed by atoms with Gasteiger partial charge in [-0.2, -0.15) is 13.2 Å². The van der Waals surface area contributed by atoms with Gasteiger partial charge < -0.3 is 0 Å². The lowest BCUT2D eigenvalue weighted by Gasteiger charge is -2.21. The molecule has 110 valence electrons. The molecule has 0 bridgehead atoms. The van der Waals surface area contributed by atoms with E-state index < -0.39 is 11.7 Å². The summed E-state index contributed by atoms with van der Waals surface area (Å²) in [5, 5.41) is 2.03. The Kier molecular flexibility index (Phi) is 3.85. The van der Waals surface area contributed by atoms with Crippen LogP contribution in [0.5, 0.6) is 0 Å². The van der Waals surface area contributed by atoms with Gasteiger partial charge in [-0.1, -0.05) is 18.2 Å². The molecule has 0 saturated carbocycles. The van der Waals surface area contributed by atoms with E-state index in [9.17, 15) is 13.2 Å². The topological polar surface area (TPSA) is 12.4 Å². The van der Waals surface area contributed by atoms with Gasteiger partial charge in [-0.3, -0.25) is 4.99 Å². The Balaban J connectivity index is 1.72. The predicted octanol–water partition coefficient (Wildman–Crippen LogP) is 5.13. The zero-order valence-electron chi connectivity index (χ0n) is 11.2. The van der Waals surface area contributed by atoms with Gasteiger partial charge in [0.05, 0.1) is 11.3 Å². The van der Waals surface area contributed by atoms with Gasteiger partial charge in [0.2, 0.25) is 0 Å². The van der Waals surface area contributed by atoms with Crippen molar-refractivity contribution in [1.82, 2.24) is 0 Å². The molecule has 0 N–H and O–H groups in total. The maximum absolute atomic E-state index is 12.5. The molecule has 5 heteroatoms. The summed E-state index contributed by atoms with van der Waals surface area (Å²) in [6.07, 6.45) is -2.45. The summed E-state index contributed by atoms with van der Waals surface area (Å²) in [6.45, 7) is 0.651. The van der Waals surface area contributed by atoms with E-state index in [1.807, 2.05) is 11.4 Å². The number of nitrogens with zero attached hydrogens (tertiary/aromatic N) is 1. The predicted molar refractivity (Wildman–Crippen MR) is 79.1 cm³/mol. The zero-order chi connectivity index (χ0) is 14.9. The fraction of sp³-hybridized carbons (Fsp3) is 0.312. The molecule has 1 aromatic heterocycles. The molecule has 2 aromatic rings. The molecule has 1 aromatic carbocycles. The number of thiophene rings is 1. The van der Waals surface area contributed by atoms with E-state index in [-0.39, 0.29) is 5.92 Å². The summed E-state index contributed by atoms with van der Waals surface area (Å²) in [6, 6.07) is 9.55. The largest absolute Gasteiger partial charge is 0.416 e. The second-order valence-corrected chi connectivity index (χ2v) is 6.07. The maximum atomic E-state index is 12.5. The van der Waals surface area contributed by atoms with Crippen molar-refractivity contribution in [3.05, 3.63) is 57.8 Å². The number of alkyl halides is 3. The van der Waals surface area contributed by atoms with Crippen molar-refractivity contribution in [3.8, 4) is 0 Å². The Morgan fingerprint density at radius 3 is 2.38 bits per heavy atom. The van der Waals surface area contributed by atoms with Crippen molar-refractivity contribution in [2.24, 2.45) is 4.99 Å². The van der Waals surface area contributed by atoms with Crippen molar-refractivity contribution in [1.29, 1.82) is 0 Å². The van der Waals surface area contributed by atoms with Gasteiger partial charge in [0.1, 0.15) is 0 Å². The second-order valence-electron chi connectivity index (χ2n) is 5.12. The van der Waals surface area contributed by atoms with Crippen LogP contribution in [0.4, 0.5) is 13.2 Å². The van der Waals surface area contributed by atoms with Crippen LogP contribution in [0.15, 0.2) is 46.8 Å². The van der Waals surface area contributed by atoms with E-state index in [0.717, 1.165) is 36.2 Å². The van der Waals surface area contributed by atoms with Gasteiger partial charge in [-0.05, 0) is 42.0 Å². The molecule has 2 heterocycles. The quantitative estimate of drug-likeness (QED) is 0.729. The monoisotopic (exact) mass is 309 g/mol. The van der Waals surface area contributed by atoms with Gasteiger partial charge in [-0.25, -0.2) is 0 Å². The molecule has 21 heavy (non-hydrogen) atoms. The third-order valence-electron chi connectivity index (χ3n) is 3.75. The summed E-state index contributed by atoms with van der Waals surface area (Å²) in [7, 11) is 0. The summed E-state index contributed by atoms with van der Waals surface area (Å²) in [5.41, 5.74) is 1.47. The molecule has 0 spiro atoms. The highest BCUT2D eigenvalue weighted by Gasteiger charge is 2.30. The summed E-state index contributed by atoms with van der Waals surface area (Å²) in [5.74, 6) is 0.219. The van der Waals surface area contributed by atoms with Gasteiger partial charge in [0, 0.05) is 17.3 Å². The third-order valence-corrected chi connectivity index (χ3v) is 4.67. The third kappa shape index (κ3) is 3.18. The summed E-state index contributed by atoms with van der Waals surface area (Å²) < 4.78 is 37.6. The number of rotatable bonds is 2. The highest BCUT2D eigenvalue weighted by Crippen LogP contribution is 2.32. The first-order valence-electron chi connectivity index (χ1n) is 6.78. The van der Waals surface area contributed by atoms with Crippen molar-refractivity contribution >= 4 is 17.0 Å². The van der Waals surface area contributed by atoms with E-state index >= 15 is 0 Å². The molecule has 0 saturated heterocycles. The van der Waals surface area contributed by atoms with Gasteiger partial charge in [-0.15, -0.1) is 11.3 Å². The average molecular weight is 309 g/mol. The molecular formula is C16H14F3NS. The molecule has 0 fully saturated rings. The van der Waals surface area contributed by atoms with Crippen LogP contribution in [0.2, 0.25) is 0 Å². The van der Waals surface area contributed by atoms with Crippen LogP contribution in [0, 0.1) is 0 Å². The molecule has 3 rings (SSSR count). The fourth-order valence-corrected chi connectivity index (χ4v) is 3.33. The van der Waals surface area contributed by atoms with Gasteiger partial charge >= 0.3 is 6.18 Å². The maximum Gasteiger partial charge on any atom is 0.416 e. The molecule has 1 aliphatic heterocycles. The van der Waals surface area contributed by atoms with Crippen LogP contribution in [0.3, 0.4) is 0 Å². The lowest BCUT2D eigenvalue weighted by Crippen LogP contribution is -2.15. The standard InChI is InChI=1S/C16H14F3NS/c17-16(18,19)13-6-3-11(4-7-13)12-5-8-14(20-10-12)15-2-1-9-21-15/h1-4,6-7,9,12H,5,8,10H2. The van der Waals surface area contributed by atoms with Crippen molar-refractivity contribution in [2.45, 2.75) is 24.9 Å². The Labute approximate surface area is 125 Å². The minimum absolute atomic E-state index is 0.219. The molecule has 1 unspecified atom stereocenters. The second kappa shape index (κ2) is 5.64. The first-order valence-corrected chi connectivity index (χ1v) is 7.66. The first-order chi connectivity index (χ1) is 10.0. The molecule has 0 radical (unpaired) electrons. The molecule has 1 nitrogen and oxygen atoms in total. The minimum atomic E-state index is -4.27. The molecule has 0 aliphatic carbocycles. The zero-order valence-corrected chi connectivity index (χ0v) is 12.0. The molecule has 1 aliphatic rings. The lowest BCUT2D eigenvalue weighted by molar-refractivity contribution is -0.137. The number of aliphatic imine (C=N–C) groups is 1. The number of benzene rings is 1. The summed E-state index contributed by atoms with van der Waals surface area (Å²) in [4.78, 5) is 5.80. The van der Waals surface area contributed by atoms with E-state index in [4.69, 9.17) is 0 Å². The lowest BCUT2D eigenvalue weighted by atomic mass is 9.90.